The van der Waals surface area contributed by atoms with Gasteiger partial charge in [-0.1, -0.05) is 6.92 Å². The van der Waals surface area contributed by atoms with Gasteiger partial charge < -0.3 is 9.88 Å². The van der Waals surface area contributed by atoms with Gasteiger partial charge in [0, 0.05) is 12.6 Å². The van der Waals surface area contributed by atoms with E-state index in [0.29, 0.717) is 23.4 Å². The lowest BCUT2D eigenvalue weighted by Gasteiger charge is -2.18. The van der Waals surface area contributed by atoms with E-state index in [4.69, 9.17) is 11.6 Å². The standard InChI is InChI=1S/C15H19ClFN3O/c1-4-7-18-15(21)10(3)20-13-6-5-11(17)8-12(13)19-14(20)9(2)16/h5-6,8-10H,4,7H2,1-3H3,(H,18,21). The van der Waals surface area contributed by atoms with E-state index in [1.54, 1.807) is 24.5 Å². The predicted molar refractivity (Wildman–Crippen MR) is 82.0 cm³/mol. The average molecular weight is 312 g/mol. The summed E-state index contributed by atoms with van der Waals surface area (Å²) in [6.07, 6.45) is 0.868. The van der Waals surface area contributed by atoms with Crippen molar-refractivity contribution in [1.29, 1.82) is 0 Å². The van der Waals surface area contributed by atoms with E-state index in [1.807, 2.05) is 6.92 Å². The number of hydrogen-bond acceptors (Lipinski definition) is 2. The molecule has 2 rings (SSSR count). The summed E-state index contributed by atoms with van der Waals surface area (Å²) in [7, 11) is 0. The molecule has 2 atom stereocenters. The van der Waals surface area contributed by atoms with E-state index < -0.39 is 6.04 Å². The zero-order chi connectivity index (χ0) is 15.6. The molecule has 2 aromatic rings. The Labute approximate surface area is 128 Å². The summed E-state index contributed by atoms with van der Waals surface area (Å²) in [6.45, 7) is 6.19. The van der Waals surface area contributed by atoms with Crippen LogP contribution in [0.4, 0.5) is 4.39 Å². The quantitative estimate of drug-likeness (QED) is 0.858. The molecule has 0 fully saturated rings. The highest BCUT2D eigenvalue weighted by molar-refractivity contribution is 6.20. The van der Waals surface area contributed by atoms with Crippen molar-refractivity contribution in [3.05, 3.63) is 29.8 Å². The molecule has 21 heavy (non-hydrogen) atoms. The summed E-state index contributed by atoms with van der Waals surface area (Å²) >= 11 is 6.16. The fourth-order valence-corrected chi connectivity index (χ4v) is 2.45. The van der Waals surface area contributed by atoms with Crippen LogP contribution >= 0.6 is 11.6 Å². The lowest BCUT2D eigenvalue weighted by atomic mass is 10.2. The van der Waals surface area contributed by atoms with Crippen molar-refractivity contribution < 1.29 is 9.18 Å². The number of nitrogens with zero attached hydrogens (tertiary/aromatic N) is 2. The minimum Gasteiger partial charge on any atom is -0.354 e. The smallest absolute Gasteiger partial charge is 0.242 e. The molecule has 1 aromatic heterocycles. The van der Waals surface area contributed by atoms with Gasteiger partial charge in [-0.3, -0.25) is 4.79 Å². The SMILES string of the molecule is CCCNC(=O)C(C)n1c(C(C)Cl)nc2cc(F)ccc21. The zero-order valence-electron chi connectivity index (χ0n) is 12.4. The average Bonchev–Trinajstić information content (AvgIpc) is 2.82. The number of hydrogen-bond donors (Lipinski definition) is 1. The Hall–Kier alpha value is -1.62. The first-order valence-corrected chi connectivity index (χ1v) is 7.48. The Morgan fingerprint density at radius 1 is 1.48 bits per heavy atom. The normalized spacial score (nSPS) is 14.1. The molecule has 0 aliphatic rings. The van der Waals surface area contributed by atoms with Gasteiger partial charge in [0.25, 0.3) is 0 Å². The third-order valence-electron chi connectivity index (χ3n) is 3.35. The fraction of sp³-hybridized carbons (Fsp3) is 0.467. The topological polar surface area (TPSA) is 46.9 Å². The summed E-state index contributed by atoms with van der Waals surface area (Å²) < 4.78 is 15.1. The second-order valence-electron chi connectivity index (χ2n) is 5.06. The summed E-state index contributed by atoms with van der Waals surface area (Å²) in [5, 5.41) is 2.48. The van der Waals surface area contributed by atoms with Gasteiger partial charge in [-0.2, -0.15) is 0 Å². The Kier molecular flexibility index (Phi) is 4.83. The Bertz CT molecular complexity index is 654. The zero-order valence-corrected chi connectivity index (χ0v) is 13.1. The Morgan fingerprint density at radius 3 is 2.81 bits per heavy atom. The van der Waals surface area contributed by atoms with Gasteiger partial charge >= 0.3 is 0 Å². The van der Waals surface area contributed by atoms with Gasteiger partial charge in [0.15, 0.2) is 0 Å². The molecule has 0 radical (unpaired) electrons. The number of amides is 1. The number of nitrogens with one attached hydrogen (secondary N) is 1. The molecule has 114 valence electrons. The minimum absolute atomic E-state index is 0.0981. The molecule has 1 heterocycles. The van der Waals surface area contributed by atoms with Crippen molar-refractivity contribution >= 4 is 28.5 Å². The van der Waals surface area contributed by atoms with Crippen LogP contribution in [0.5, 0.6) is 0 Å². The number of aromatic nitrogens is 2. The number of benzene rings is 1. The Morgan fingerprint density at radius 2 is 2.19 bits per heavy atom. The van der Waals surface area contributed by atoms with Crippen LogP contribution in [0.3, 0.4) is 0 Å². The first-order valence-electron chi connectivity index (χ1n) is 7.04. The molecular formula is C15H19ClFN3O. The maximum Gasteiger partial charge on any atom is 0.242 e. The molecule has 0 saturated heterocycles. The number of rotatable bonds is 5. The van der Waals surface area contributed by atoms with Crippen LogP contribution in [-0.4, -0.2) is 22.0 Å². The summed E-state index contributed by atoms with van der Waals surface area (Å²) in [4.78, 5) is 16.6. The highest BCUT2D eigenvalue weighted by Crippen LogP contribution is 2.28. The first-order chi connectivity index (χ1) is 9.95. The molecule has 4 nitrogen and oxygen atoms in total. The monoisotopic (exact) mass is 311 g/mol. The highest BCUT2D eigenvalue weighted by Gasteiger charge is 2.23. The van der Waals surface area contributed by atoms with Crippen molar-refractivity contribution in [2.45, 2.75) is 38.6 Å². The lowest BCUT2D eigenvalue weighted by molar-refractivity contribution is -0.123. The summed E-state index contributed by atoms with van der Waals surface area (Å²) in [5.74, 6) is 0.111. The van der Waals surface area contributed by atoms with Crippen LogP contribution < -0.4 is 5.32 Å². The summed E-state index contributed by atoms with van der Waals surface area (Å²) in [5.41, 5.74) is 1.21. The van der Waals surface area contributed by atoms with E-state index in [0.717, 1.165) is 6.42 Å². The van der Waals surface area contributed by atoms with Crippen LogP contribution in [0.1, 0.15) is 44.4 Å². The molecule has 6 heteroatoms. The van der Waals surface area contributed by atoms with Gasteiger partial charge in [0.1, 0.15) is 17.7 Å². The molecule has 1 N–H and O–H groups in total. The lowest BCUT2D eigenvalue weighted by Crippen LogP contribution is -2.32. The predicted octanol–water partition coefficient (Wildman–Crippen LogP) is 3.56. The van der Waals surface area contributed by atoms with Crippen molar-refractivity contribution in [2.24, 2.45) is 0 Å². The molecule has 1 aromatic carbocycles. The number of halogens is 2. The molecule has 0 spiro atoms. The second kappa shape index (κ2) is 6.43. The van der Waals surface area contributed by atoms with Crippen molar-refractivity contribution in [1.82, 2.24) is 14.9 Å². The molecule has 1 amide bonds. The largest absolute Gasteiger partial charge is 0.354 e. The number of alkyl halides is 1. The van der Waals surface area contributed by atoms with Gasteiger partial charge in [-0.15, -0.1) is 11.6 Å². The first kappa shape index (κ1) is 15.8. The maximum atomic E-state index is 13.3. The van der Waals surface area contributed by atoms with E-state index in [9.17, 15) is 9.18 Å². The van der Waals surface area contributed by atoms with Crippen LogP contribution in [0.25, 0.3) is 11.0 Å². The highest BCUT2D eigenvalue weighted by atomic mass is 35.5. The van der Waals surface area contributed by atoms with E-state index >= 15 is 0 Å². The van der Waals surface area contributed by atoms with Gasteiger partial charge in [-0.25, -0.2) is 9.37 Å². The van der Waals surface area contributed by atoms with Crippen molar-refractivity contribution in [2.75, 3.05) is 6.54 Å². The molecule has 0 saturated carbocycles. The molecule has 0 bridgehead atoms. The van der Waals surface area contributed by atoms with Crippen molar-refractivity contribution in [3.8, 4) is 0 Å². The van der Waals surface area contributed by atoms with Crippen LogP contribution in [0.15, 0.2) is 18.2 Å². The number of carbonyl (C=O) groups excluding carboxylic acids is 1. The van der Waals surface area contributed by atoms with Crippen molar-refractivity contribution in [3.63, 3.8) is 0 Å². The fourth-order valence-electron chi connectivity index (χ4n) is 2.29. The third kappa shape index (κ3) is 3.18. The molecule has 0 aliphatic carbocycles. The Balaban J connectivity index is 2.49. The van der Waals surface area contributed by atoms with E-state index in [2.05, 4.69) is 10.3 Å². The van der Waals surface area contributed by atoms with Gasteiger partial charge in [-0.05, 0) is 32.4 Å². The molecule has 2 unspecified atom stereocenters. The maximum absolute atomic E-state index is 13.3. The van der Waals surface area contributed by atoms with E-state index in [1.165, 1.54) is 12.1 Å². The third-order valence-corrected chi connectivity index (χ3v) is 3.55. The minimum atomic E-state index is -0.455. The van der Waals surface area contributed by atoms with Crippen LogP contribution in [0.2, 0.25) is 0 Å². The van der Waals surface area contributed by atoms with Gasteiger partial charge in [0.05, 0.1) is 16.4 Å². The second-order valence-corrected chi connectivity index (χ2v) is 5.71. The number of carbonyl (C=O) groups is 1. The van der Waals surface area contributed by atoms with Crippen LogP contribution in [0, 0.1) is 5.82 Å². The van der Waals surface area contributed by atoms with Crippen LogP contribution in [-0.2, 0) is 4.79 Å². The van der Waals surface area contributed by atoms with Gasteiger partial charge in [0.2, 0.25) is 5.91 Å². The molecular weight excluding hydrogens is 293 g/mol. The molecule has 0 aliphatic heterocycles. The summed E-state index contributed by atoms with van der Waals surface area (Å²) in [6, 6.07) is 3.89. The number of imidazole rings is 1. The number of fused-ring (bicyclic) bond motifs is 1. The van der Waals surface area contributed by atoms with E-state index in [-0.39, 0.29) is 17.1 Å².